The van der Waals surface area contributed by atoms with Crippen molar-refractivity contribution in [1.29, 1.82) is 0 Å². The molecule has 0 atom stereocenters. The molecule has 0 unspecified atom stereocenters. The molecule has 0 radical (unpaired) electrons. The molecule has 0 aromatic carbocycles. The lowest BCUT2D eigenvalue weighted by atomic mass is 9.96. The van der Waals surface area contributed by atoms with Crippen molar-refractivity contribution in [2.75, 3.05) is 0 Å². The van der Waals surface area contributed by atoms with Crippen LogP contribution in [0.1, 0.15) is 50.5 Å². The molecule has 0 spiro atoms. The molecule has 18 heavy (non-hydrogen) atoms. The van der Waals surface area contributed by atoms with Gasteiger partial charge in [0.1, 0.15) is 12.1 Å². The summed E-state index contributed by atoms with van der Waals surface area (Å²) >= 11 is 0. The SMILES string of the molecule is CCc1noc(C)c1Cn1cnc(C(C)(C)C)n1. The Morgan fingerprint density at radius 3 is 2.61 bits per heavy atom. The molecule has 0 aliphatic rings. The van der Waals surface area contributed by atoms with E-state index in [1.807, 2.05) is 11.6 Å². The average Bonchev–Trinajstić information content (AvgIpc) is 2.87. The number of hydrogen-bond donors (Lipinski definition) is 0. The Morgan fingerprint density at radius 2 is 2.06 bits per heavy atom. The predicted molar refractivity (Wildman–Crippen MR) is 68.4 cm³/mol. The highest BCUT2D eigenvalue weighted by atomic mass is 16.5. The number of nitrogens with zero attached hydrogens (tertiary/aromatic N) is 4. The summed E-state index contributed by atoms with van der Waals surface area (Å²) in [6, 6.07) is 0. The van der Waals surface area contributed by atoms with Gasteiger partial charge in [0.25, 0.3) is 0 Å². The first kappa shape index (κ1) is 12.8. The van der Waals surface area contributed by atoms with Gasteiger partial charge in [0.2, 0.25) is 0 Å². The molecule has 5 heteroatoms. The van der Waals surface area contributed by atoms with Gasteiger partial charge < -0.3 is 4.52 Å². The Labute approximate surface area is 107 Å². The summed E-state index contributed by atoms with van der Waals surface area (Å²) in [7, 11) is 0. The quantitative estimate of drug-likeness (QED) is 0.837. The second-order valence-electron chi connectivity index (χ2n) is 5.53. The van der Waals surface area contributed by atoms with Crippen molar-refractivity contribution in [3.05, 3.63) is 29.2 Å². The standard InChI is InChI=1S/C13H20N4O/c1-6-11-10(9(2)18-16-11)7-17-8-14-12(15-17)13(3,4)5/h8H,6-7H2,1-5H3. The Bertz CT molecular complexity index is 533. The van der Waals surface area contributed by atoms with Gasteiger partial charge in [-0.15, -0.1) is 0 Å². The third-order valence-electron chi connectivity index (χ3n) is 2.93. The minimum atomic E-state index is -0.0253. The summed E-state index contributed by atoms with van der Waals surface area (Å²) in [5.41, 5.74) is 2.09. The summed E-state index contributed by atoms with van der Waals surface area (Å²) in [6.45, 7) is 11.0. The molecule has 2 rings (SSSR count). The zero-order valence-corrected chi connectivity index (χ0v) is 11.7. The third kappa shape index (κ3) is 2.44. The minimum absolute atomic E-state index is 0.0253. The lowest BCUT2D eigenvalue weighted by molar-refractivity contribution is 0.390. The molecule has 0 amide bonds. The Balaban J connectivity index is 2.24. The normalized spacial score (nSPS) is 12.1. The van der Waals surface area contributed by atoms with Gasteiger partial charge in [-0.05, 0) is 13.3 Å². The maximum absolute atomic E-state index is 5.22. The molecule has 0 aliphatic heterocycles. The van der Waals surface area contributed by atoms with E-state index >= 15 is 0 Å². The Morgan fingerprint density at radius 1 is 1.33 bits per heavy atom. The molecule has 2 aromatic heterocycles. The number of aryl methyl sites for hydroxylation is 2. The lowest BCUT2D eigenvalue weighted by Gasteiger charge is -2.12. The molecule has 0 bridgehead atoms. The monoisotopic (exact) mass is 248 g/mol. The molecule has 2 heterocycles. The fraction of sp³-hybridized carbons (Fsp3) is 0.615. The third-order valence-corrected chi connectivity index (χ3v) is 2.93. The van der Waals surface area contributed by atoms with Crippen LogP contribution in [0, 0.1) is 6.92 Å². The highest BCUT2D eigenvalue weighted by Crippen LogP contribution is 2.19. The van der Waals surface area contributed by atoms with E-state index in [1.165, 1.54) is 0 Å². The van der Waals surface area contributed by atoms with Gasteiger partial charge in [-0.25, -0.2) is 9.67 Å². The van der Waals surface area contributed by atoms with Crippen LogP contribution in [0.3, 0.4) is 0 Å². The van der Waals surface area contributed by atoms with Crippen molar-refractivity contribution in [2.45, 2.75) is 53.0 Å². The smallest absolute Gasteiger partial charge is 0.155 e. The maximum Gasteiger partial charge on any atom is 0.155 e. The van der Waals surface area contributed by atoms with Crippen molar-refractivity contribution in [3.63, 3.8) is 0 Å². The highest BCUT2D eigenvalue weighted by molar-refractivity contribution is 5.22. The van der Waals surface area contributed by atoms with Gasteiger partial charge in [-0.3, -0.25) is 0 Å². The van der Waals surface area contributed by atoms with Crippen LogP contribution in [0.2, 0.25) is 0 Å². The average molecular weight is 248 g/mol. The zero-order chi connectivity index (χ0) is 13.3. The van der Waals surface area contributed by atoms with Gasteiger partial charge in [0.05, 0.1) is 12.2 Å². The van der Waals surface area contributed by atoms with E-state index in [9.17, 15) is 0 Å². The van der Waals surface area contributed by atoms with E-state index in [-0.39, 0.29) is 5.41 Å². The summed E-state index contributed by atoms with van der Waals surface area (Å²) in [4.78, 5) is 4.35. The van der Waals surface area contributed by atoms with Crippen molar-refractivity contribution in [3.8, 4) is 0 Å². The minimum Gasteiger partial charge on any atom is -0.361 e. The van der Waals surface area contributed by atoms with E-state index in [2.05, 4.69) is 42.9 Å². The van der Waals surface area contributed by atoms with Crippen LogP contribution in [0.5, 0.6) is 0 Å². The molecule has 0 N–H and O–H groups in total. The summed E-state index contributed by atoms with van der Waals surface area (Å²) in [6.07, 6.45) is 2.64. The van der Waals surface area contributed by atoms with Gasteiger partial charge in [0.15, 0.2) is 5.82 Å². The van der Waals surface area contributed by atoms with E-state index in [0.29, 0.717) is 6.54 Å². The van der Waals surface area contributed by atoms with Gasteiger partial charge >= 0.3 is 0 Å². The molecule has 0 saturated heterocycles. The van der Waals surface area contributed by atoms with Crippen LogP contribution in [-0.4, -0.2) is 19.9 Å². The van der Waals surface area contributed by atoms with E-state index in [1.54, 1.807) is 6.33 Å². The van der Waals surface area contributed by atoms with E-state index < -0.39 is 0 Å². The molecule has 5 nitrogen and oxygen atoms in total. The second kappa shape index (κ2) is 4.55. The molecule has 0 aliphatic carbocycles. The van der Waals surface area contributed by atoms with Gasteiger partial charge in [-0.2, -0.15) is 5.10 Å². The van der Waals surface area contributed by atoms with Crippen molar-refractivity contribution >= 4 is 0 Å². The van der Waals surface area contributed by atoms with E-state index in [4.69, 9.17) is 4.52 Å². The number of rotatable bonds is 3. The Hall–Kier alpha value is -1.65. The molecule has 0 saturated carbocycles. The largest absolute Gasteiger partial charge is 0.361 e. The summed E-state index contributed by atoms with van der Waals surface area (Å²) in [5.74, 6) is 1.72. The Kier molecular flexibility index (Phi) is 3.24. The summed E-state index contributed by atoms with van der Waals surface area (Å²) < 4.78 is 7.07. The molecular formula is C13H20N4O. The maximum atomic E-state index is 5.22. The lowest BCUT2D eigenvalue weighted by Crippen LogP contribution is -2.14. The van der Waals surface area contributed by atoms with Crippen LogP contribution in [-0.2, 0) is 18.4 Å². The molecule has 0 fully saturated rings. The highest BCUT2D eigenvalue weighted by Gasteiger charge is 2.19. The summed E-state index contributed by atoms with van der Waals surface area (Å²) in [5, 5.41) is 8.56. The first-order valence-electron chi connectivity index (χ1n) is 6.25. The number of hydrogen-bond acceptors (Lipinski definition) is 4. The van der Waals surface area contributed by atoms with Crippen LogP contribution < -0.4 is 0 Å². The van der Waals surface area contributed by atoms with Crippen LogP contribution in [0.15, 0.2) is 10.9 Å². The van der Waals surface area contributed by atoms with Crippen molar-refractivity contribution in [1.82, 2.24) is 19.9 Å². The fourth-order valence-electron chi connectivity index (χ4n) is 1.79. The van der Waals surface area contributed by atoms with Gasteiger partial charge in [-0.1, -0.05) is 32.9 Å². The predicted octanol–water partition coefficient (Wildman–Crippen LogP) is 2.48. The molecular weight excluding hydrogens is 228 g/mol. The topological polar surface area (TPSA) is 56.7 Å². The molecule has 2 aromatic rings. The van der Waals surface area contributed by atoms with Crippen LogP contribution in [0.4, 0.5) is 0 Å². The first-order valence-corrected chi connectivity index (χ1v) is 6.25. The second-order valence-corrected chi connectivity index (χ2v) is 5.53. The van der Waals surface area contributed by atoms with Crippen LogP contribution in [0.25, 0.3) is 0 Å². The fourth-order valence-corrected chi connectivity index (χ4v) is 1.79. The van der Waals surface area contributed by atoms with Gasteiger partial charge in [0, 0.05) is 11.0 Å². The van der Waals surface area contributed by atoms with Crippen molar-refractivity contribution < 1.29 is 4.52 Å². The van der Waals surface area contributed by atoms with Crippen LogP contribution >= 0.6 is 0 Å². The first-order chi connectivity index (χ1) is 8.41. The molecule has 98 valence electrons. The van der Waals surface area contributed by atoms with Crippen molar-refractivity contribution in [2.24, 2.45) is 0 Å². The van der Waals surface area contributed by atoms with E-state index in [0.717, 1.165) is 29.3 Å². The number of aromatic nitrogens is 4. The zero-order valence-electron chi connectivity index (χ0n) is 11.7.